The van der Waals surface area contributed by atoms with Gasteiger partial charge in [0.05, 0.1) is 0 Å². The molecule has 1 rings (SSSR count). The SMILES string of the molecule is CC(=O)/C=C/C=C(C)/C=C/c1c(C)cccc1C. The Hall–Kier alpha value is -1.89. The van der Waals surface area contributed by atoms with Crippen LogP contribution in [0.1, 0.15) is 30.5 Å². The topological polar surface area (TPSA) is 17.1 Å². The van der Waals surface area contributed by atoms with Gasteiger partial charge in [-0.15, -0.1) is 0 Å². The van der Waals surface area contributed by atoms with Crippen molar-refractivity contribution in [1.82, 2.24) is 0 Å². The fourth-order valence-electron chi connectivity index (χ4n) is 1.70. The molecule has 0 saturated carbocycles. The van der Waals surface area contributed by atoms with Gasteiger partial charge in [-0.3, -0.25) is 4.79 Å². The Morgan fingerprint density at radius 2 is 1.67 bits per heavy atom. The van der Waals surface area contributed by atoms with E-state index in [1.54, 1.807) is 19.1 Å². The predicted octanol–water partition coefficient (Wildman–Crippen LogP) is 4.41. The molecule has 1 heteroatoms. The molecule has 0 aliphatic rings. The van der Waals surface area contributed by atoms with E-state index in [1.165, 1.54) is 16.7 Å². The first-order valence-corrected chi connectivity index (χ1v) is 6.10. The van der Waals surface area contributed by atoms with Crippen molar-refractivity contribution < 1.29 is 4.79 Å². The summed E-state index contributed by atoms with van der Waals surface area (Å²) in [5.74, 6) is 0.0674. The van der Waals surface area contributed by atoms with Gasteiger partial charge in [0, 0.05) is 0 Å². The highest BCUT2D eigenvalue weighted by Gasteiger charge is 1.96. The van der Waals surface area contributed by atoms with E-state index in [-0.39, 0.29) is 5.78 Å². The van der Waals surface area contributed by atoms with Crippen molar-refractivity contribution in [3.05, 3.63) is 64.8 Å². The number of allylic oxidation sites excluding steroid dienone is 5. The van der Waals surface area contributed by atoms with Gasteiger partial charge >= 0.3 is 0 Å². The minimum atomic E-state index is 0.0674. The first-order chi connectivity index (χ1) is 8.50. The molecule has 0 spiro atoms. The quantitative estimate of drug-likeness (QED) is 0.563. The smallest absolute Gasteiger partial charge is 0.152 e. The number of hydrogen-bond acceptors (Lipinski definition) is 1. The van der Waals surface area contributed by atoms with E-state index in [4.69, 9.17) is 0 Å². The lowest BCUT2D eigenvalue weighted by atomic mass is 10.0. The second-order valence-corrected chi connectivity index (χ2v) is 4.52. The van der Waals surface area contributed by atoms with E-state index in [2.05, 4.69) is 44.2 Å². The highest BCUT2D eigenvalue weighted by Crippen LogP contribution is 2.15. The van der Waals surface area contributed by atoms with Crippen molar-refractivity contribution in [3.8, 4) is 0 Å². The second kappa shape index (κ2) is 6.75. The normalized spacial score (nSPS) is 12.6. The van der Waals surface area contributed by atoms with Gasteiger partial charge in [-0.05, 0) is 50.5 Å². The minimum Gasteiger partial charge on any atom is -0.295 e. The number of ketones is 1. The highest BCUT2D eigenvalue weighted by molar-refractivity contribution is 5.87. The third kappa shape index (κ3) is 4.54. The van der Waals surface area contributed by atoms with Crippen molar-refractivity contribution in [2.75, 3.05) is 0 Å². The van der Waals surface area contributed by atoms with Crippen LogP contribution in [0, 0.1) is 13.8 Å². The summed E-state index contributed by atoms with van der Waals surface area (Å²) in [5, 5.41) is 0. The van der Waals surface area contributed by atoms with Crippen molar-refractivity contribution >= 4 is 11.9 Å². The molecular formula is C17H20O. The summed E-state index contributed by atoms with van der Waals surface area (Å²) in [7, 11) is 0. The Kier molecular flexibility index (Phi) is 5.31. The molecule has 1 aromatic carbocycles. The monoisotopic (exact) mass is 240 g/mol. The molecule has 0 N–H and O–H groups in total. The lowest BCUT2D eigenvalue weighted by molar-refractivity contribution is -0.112. The second-order valence-electron chi connectivity index (χ2n) is 4.52. The van der Waals surface area contributed by atoms with E-state index >= 15 is 0 Å². The third-order valence-electron chi connectivity index (χ3n) is 2.75. The summed E-state index contributed by atoms with van der Waals surface area (Å²) in [6.07, 6.45) is 9.48. The average Bonchev–Trinajstić information content (AvgIpc) is 2.27. The summed E-state index contributed by atoms with van der Waals surface area (Å²) >= 11 is 0. The number of hydrogen-bond donors (Lipinski definition) is 0. The van der Waals surface area contributed by atoms with Crippen LogP contribution in [0.3, 0.4) is 0 Å². The summed E-state index contributed by atoms with van der Waals surface area (Å²) in [6, 6.07) is 6.29. The van der Waals surface area contributed by atoms with Crippen LogP contribution >= 0.6 is 0 Å². The summed E-state index contributed by atoms with van der Waals surface area (Å²) < 4.78 is 0. The Morgan fingerprint density at radius 3 is 2.22 bits per heavy atom. The molecule has 0 atom stereocenters. The standard InChI is InChI=1S/C17H20O/c1-13(7-5-10-16(4)18)11-12-17-14(2)8-6-9-15(17)3/h5-12H,1-4H3/b10-5+,12-11+,13-7+. The molecule has 1 nitrogen and oxygen atoms in total. The molecule has 0 aliphatic carbocycles. The molecule has 0 radical (unpaired) electrons. The fourth-order valence-corrected chi connectivity index (χ4v) is 1.70. The van der Waals surface area contributed by atoms with Gasteiger partial charge in [0.15, 0.2) is 5.78 Å². The van der Waals surface area contributed by atoms with E-state index < -0.39 is 0 Å². The van der Waals surface area contributed by atoms with Gasteiger partial charge in [-0.2, -0.15) is 0 Å². The van der Waals surface area contributed by atoms with Gasteiger partial charge in [-0.25, -0.2) is 0 Å². The van der Waals surface area contributed by atoms with Crippen LogP contribution in [0.15, 0.2) is 48.1 Å². The zero-order valence-corrected chi connectivity index (χ0v) is 11.5. The number of carbonyl (C=O) groups is 1. The van der Waals surface area contributed by atoms with Crippen LogP contribution in [0.2, 0.25) is 0 Å². The molecule has 0 amide bonds. The van der Waals surface area contributed by atoms with E-state index in [1.807, 2.05) is 13.0 Å². The number of rotatable bonds is 4. The van der Waals surface area contributed by atoms with E-state index in [9.17, 15) is 4.79 Å². The van der Waals surface area contributed by atoms with Crippen molar-refractivity contribution in [3.63, 3.8) is 0 Å². The van der Waals surface area contributed by atoms with Crippen LogP contribution < -0.4 is 0 Å². The Bertz CT molecular complexity index is 496. The maximum absolute atomic E-state index is 10.8. The fraction of sp³-hybridized carbons (Fsp3) is 0.235. The van der Waals surface area contributed by atoms with Gasteiger partial charge in [0.25, 0.3) is 0 Å². The zero-order chi connectivity index (χ0) is 13.5. The zero-order valence-electron chi connectivity index (χ0n) is 11.5. The number of carbonyl (C=O) groups excluding carboxylic acids is 1. The molecule has 0 heterocycles. The van der Waals surface area contributed by atoms with Crippen molar-refractivity contribution in [2.24, 2.45) is 0 Å². The lowest BCUT2D eigenvalue weighted by Gasteiger charge is -2.04. The number of aryl methyl sites for hydroxylation is 2. The summed E-state index contributed by atoms with van der Waals surface area (Å²) in [6.45, 7) is 7.80. The lowest BCUT2D eigenvalue weighted by Crippen LogP contribution is -1.85. The molecule has 0 fully saturated rings. The first-order valence-electron chi connectivity index (χ1n) is 6.10. The Morgan fingerprint density at radius 1 is 1.06 bits per heavy atom. The molecule has 0 unspecified atom stereocenters. The number of benzene rings is 1. The molecule has 1 aromatic rings. The average molecular weight is 240 g/mol. The predicted molar refractivity (Wildman–Crippen MR) is 78.5 cm³/mol. The van der Waals surface area contributed by atoms with E-state index in [0.717, 1.165) is 5.57 Å². The van der Waals surface area contributed by atoms with Crippen molar-refractivity contribution in [2.45, 2.75) is 27.7 Å². The molecule has 0 aromatic heterocycles. The van der Waals surface area contributed by atoms with E-state index in [0.29, 0.717) is 0 Å². The summed E-state index contributed by atoms with van der Waals surface area (Å²) in [5.41, 5.74) is 4.94. The summed E-state index contributed by atoms with van der Waals surface area (Å²) in [4.78, 5) is 10.8. The van der Waals surface area contributed by atoms with Crippen LogP contribution in [0.4, 0.5) is 0 Å². The maximum Gasteiger partial charge on any atom is 0.152 e. The van der Waals surface area contributed by atoms with Crippen LogP contribution in [-0.2, 0) is 4.79 Å². The van der Waals surface area contributed by atoms with Crippen LogP contribution in [0.25, 0.3) is 6.08 Å². The van der Waals surface area contributed by atoms with Gasteiger partial charge in [0.1, 0.15) is 0 Å². The first kappa shape index (κ1) is 14.2. The molecular weight excluding hydrogens is 220 g/mol. The molecule has 18 heavy (non-hydrogen) atoms. The largest absolute Gasteiger partial charge is 0.295 e. The van der Waals surface area contributed by atoms with Crippen LogP contribution in [-0.4, -0.2) is 5.78 Å². The Labute approximate surface area is 110 Å². The van der Waals surface area contributed by atoms with Crippen LogP contribution in [0.5, 0.6) is 0 Å². The molecule has 0 aliphatic heterocycles. The Balaban J connectivity index is 2.84. The van der Waals surface area contributed by atoms with Gasteiger partial charge in [0.2, 0.25) is 0 Å². The van der Waals surface area contributed by atoms with Gasteiger partial charge < -0.3 is 0 Å². The van der Waals surface area contributed by atoms with Gasteiger partial charge in [-0.1, -0.05) is 48.1 Å². The maximum atomic E-state index is 10.8. The molecule has 0 bridgehead atoms. The van der Waals surface area contributed by atoms with Crippen molar-refractivity contribution in [1.29, 1.82) is 0 Å². The highest BCUT2D eigenvalue weighted by atomic mass is 16.1. The minimum absolute atomic E-state index is 0.0674. The molecule has 94 valence electrons. The third-order valence-corrected chi connectivity index (χ3v) is 2.75. The molecule has 0 saturated heterocycles.